The van der Waals surface area contributed by atoms with Crippen molar-refractivity contribution in [2.24, 2.45) is 16.8 Å². The highest BCUT2D eigenvalue weighted by molar-refractivity contribution is 9.10. The fourth-order valence-corrected chi connectivity index (χ4v) is 2.60. The molecule has 0 unspecified atom stereocenters. The molecule has 2 rings (SSSR count). The molecule has 0 aliphatic heterocycles. The fourth-order valence-electron chi connectivity index (χ4n) is 2.25. The number of oxime groups is 1. The molecule has 0 spiro atoms. The maximum Gasteiger partial charge on any atom is 0.172 e. The highest BCUT2D eigenvalue weighted by atomic mass is 79.9. The second-order valence-electron chi connectivity index (χ2n) is 4.82. The lowest BCUT2D eigenvalue weighted by Crippen LogP contribution is -2.31. The van der Waals surface area contributed by atoms with Gasteiger partial charge in [-0.3, -0.25) is 0 Å². The van der Waals surface area contributed by atoms with Gasteiger partial charge in [0.2, 0.25) is 0 Å². The van der Waals surface area contributed by atoms with Crippen molar-refractivity contribution in [1.82, 2.24) is 0 Å². The average molecular weight is 312 g/mol. The summed E-state index contributed by atoms with van der Waals surface area (Å²) >= 11 is 3.46. The van der Waals surface area contributed by atoms with Crippen LogP contribution in [-0.2, 0) is 0 Å². The molecular formula is C13H18BrN3O. The molecule has 1 aliphatic rings. The minimum absolute atomic E-state index is 0.151. The number of rotatable bonds is 4. The van der Waals surface area contributed by atoms with Gasteiger partial charge in [0.15, 0.2) is 5.84 Å². The normalized spacial score (nSPS) is 16.4. The van der Waals surface area contributed by atoms with E-state index in [4.69, 9.17) is 10.9 Å². The van der Waals surface area contributed by atoms with Gasteiger partial charge in [-0.25, -0.2) is 0 Å². The molecule has 0 radical (unpaired) electrons. The first-order valence-corrected chi connectivity index (χ1v) is 6.89. The summed E-state index contributed by atoms with van der Waals surface area (Å²) in [4.78, 5) is 2.18. The van der Waals surface area contributed by atoms with E-state index in [0.717, 1.165) is 28.2 Å². The Morgan fingerprint density at radius 3 is 2.83 bits per heavy atom. The lowest BCUT2D eigenvalue weighted by Gasteiger charge is -2.32. The van der Waals surface area contributed by atoms with E-state index in [1.54, 1.807) is 0 Å². The molecule has 5 heteroatoms. The largest absolute Gasteiger partial charge is 0.409 e. The Bertz CT molecular complexity index is 458. The van der Waals surface area contributed by atoms with Crippen LogP contribution >= 0.6 is 15.9 Å². The van der Waals surface area contributed by atoms with E-state index in [9.17, 15) is 0 Å². The van der Waals surface area contributed by atoms with Gasteiger partial charge in [0.25, 0.3) is 0 Å². The molecule has 0 saturated heterocycles. The summed E-state index contributed by atoms with van der Waals surface area (Å²) in [7, 11) is 2.05. The van der Waals surface area contributed by atoms with Gasteiger partial charge in [0.1, 0.15) is 0 Å². The van der Waals surface area contributed by atoms with Gasteiger partial charge in [-0.15, -0.1) is 0 Å². The van der Waals surface area contributed by atoms with E-state index in [2.05, 4.69) is 26.0 Å². The van der Waals surface area contributed by atoms with Gasteiger partial charge in [-0.1, -0.05) is 27.5 Å². The summed E-state index contributed by atoms with van der Waals surface area (Å²) in [5.41, 5.74) is 7.48. The molecule has 4 nitrogen and oxygen atoms in total. The predicted octanol–water partition coefficient (Wildman–Crippen LogP) is 2.78. The Kier molecular flexibility index (Phi) is 4.11. The summed E-state index contributed by atoms with van der Waals surface area (Å²) in [5.74, 6) is 0.923. The second kappa shape index (κ2) is 5.61. The number of hydrogen-bond acceptors (Lipinski definition) is 3. The van der Waals surface area contributed by atoms with Crippen LogP contribution < -0.4 is 10.6 Å². The van der Waals surface area contributed by atoms with Crippen LogP contribution in [0.2, 0.25) is 0 Å². The van der Waals surface area contributed by atoms with E-state index < -0.39 is 0 Å². The van der Waals surface area contributed by atoms with Crippen LogP contribution in [0.1, 0.15) is 24.8 Å². The van der Waals surface area contributed by atoms with E-state index in [1.165, 1.54) is 19.3 Å². The maximum absolute atomic E-state index is 8.84. The molecule has 0 amide bonds. The monoisotopic (exact) mass is 311 g/mol. The van der Waals surface area contributed by atoms with E-state index in [1.807, 2.05) is 25.2 Å². The number of hydrogen-bond donors (Lipinski definition) is 2. The van der Waals surface area contributed by atoms with Gasteiger partial charge in [-0.05, 0) is 37.0 Å². The first-order chi connectivity index (χ1) is 8.61. The van der Waals surface area contributed by atoms with Gasteiger partial charge in [0.05, 0.1) is 0 Å². The second-order valence-corrected chi connectivity index (χ2v) is 5.74. The van der Waals surface area contributed by atoms with Crippen LogP contribution in [-0.4, -0.2) is 24.6 Å². The van der Waals surface area contributed by atoms with E-state index >= 15 is 0 Å². The Balaban J connectivity index is 2.25. The molecule has 1 saturated carbocycles. The smallest absolute Gasteiger partial charge is 0.172 e. The van der Waals surface area contributed by atoms with Gasteiger partial charge < -0.3 is 15.8 Å². The number of benzene rings is 1. The lowest BCUT2D eigenvalue weighted by molar-refractivity contribution is 0.318. The maximum atomic E-state index is 8.84. The Hall–Kier alpha value is -1.23. The van der Waals surface area contributed by atoms with Gasteiger partial charge in [-0.2, -0.15) is 0 Å². The predicted molar refractivity (Wildman–Crippen MR) is 77.3 cm³/mol. The summed E-state index contributed by atoms with van der Waals surface area (Å²) < 4.78 is 0.993. The number of nitrogens with zero attached hydrogens (tertiary/aromatic N) is 2. The lowest BCUT2D eigenvalue weighted by atomic mass is 9.85. The zero-order chi connectivity index (χ0) is 13.1. The molecule has 98 valence electrons. The molecule has 0 bridgehead atoms. The number of anilines is 1. The number of halogens is 1. The highest BCUT2D eigenvalue weighted by Gasteiger charge is 2.21. The van der Waals surface area contributed by atoms with Crippen molar-refractivity contribution in [3.05, 3.63) is 28.2 Å². The van der Waals surface area contributed by atoms with Gasteiger partial charge >= 0.3 is 0 Å². The molecule has 1 aromatic rings. The van der Waals surface area contributed by atoms with Crippen molar-refractivity contribution < 1.29 is 5.21 Å². The minimum Gasteiger partial charge on any atom is -0.409 e. The van der Waals surface area contributed by atoms with Crippen molar-refractivity contribution in [3.63, 3.8) is 0 Å². The zero-order valence-electron chi connectivity index (χ0n) is 10.4. The quantitative estimate of drug-likeness (QED) is 0.389. The molecule has 0 heterocycles. The summed E-state index contributed by atoms with van der Waals surface area (Å²) in [6.07, 6.45) is 3.94. The minimum atomic E-state index is 0.151. The fraction of sp³-hybridized carbons (Fsp3) is 0.462. The Morgan fingerprint density at radius 1 is 1.56 bits per heavy atom. The van der Waals surface area contributed by atoms with Crippen molar-refractivity contribution in [3.8, 4) is 0 Å². The summed E-state index contributed by atoms with van der Waals surface area (Å²) in [6, 6.07) is 5.77. The first-order valence-electron chi connectivity index (χ1n) is 6.10. The van der Waals surface area contributed by atoms with Crippen molar-refractivity contribution in [2.75, 3.05) is 18.5 Å². The third-order valence-corrected chi connectivity index (χ3v) is 4.00. The van der Waals surface area contributed by atoms with Crippen LogP contribution in [0.3, 0.4) is 0 Å². The topological polar surface area (TPSA) is 61.8 Å². The highest BCUT2D eigenvalue weighted by Crippen LogP contribution is 2.30. The van der Waals surface area contributed by atoms with Crippen LogP contribution in [0, 0.1) is 5.92 Å². The Morgan fingerprint density at radius 2 is 2.28 bits per heavy atom. The number of nitrogens with two attached hydrogens (primary N) is 1. The van der Waals surface area contributed by atoms with Crippen molar-refractivity contribution >= 4 is 27.5 Å². The SMILES string of the molecule is CN(CC1CCC1)c1cc(Br)ccc1/C(N)=N/O. The third kappa shape index (κ3) is 2.77. The molecule has 3 N–H and O–H groups in total. The van der Waals surface area contributed by atoms with E-state index in [0.29, 0.717) is 0 Å². The Labute approximate surface area is 116 Å². The number of amidine groups is 1. The van der Waals surface area contributed by atoms with Crippen LogP contribution in [0.15, 0.2) is 27.8 Å². The molecule has 0 aromatic heterocycles. The van der Waals surface area contributed by atoms with Crippen LogP contribution in [0.5, 0.6) is 0 Å². The molecule has 18 heavy (non-hydrogen) atoms. The molecule has 1 aromatic carbocycles. The van der Waals surface area contributed by atoms with E-state index in [-0.39, 0.29) is 5.84 Å². The molecule has 1 aliphatic carbocycles. The zero-order valence-corrected chi connectivity index (χ0v) is 12.0. The molecule has 1 fully saturated rings. The standard InChI is InChI=1S/C13H18BrN3O/c1-17(8-9-3-2-4-9)12-7-10(14)5-6-11(12)13(15)16-18/h5-7,9,18H,2-4,8H2,1H3,(H2,15,16). The molecule has 0 atom stereocenters. The third-order valence-electron chi connectivity index (χ3n) is 3.51. The summed E-state index contributed by atoms with van der Waals surface area (Å²) in [6.45, 7) is 1.02. The first kappa shape index (κ1) is 13.2. The van der Waals surface area contributed by atoms with Crippen LogP contribution in [0.25, 0.3) is 0 Å². The van der Waals surface area contributed by atoms with Crippen molar-refractivity contribution in [1.29, 1.82) is 0 Å². The average Bonchev–Trinajstić information content (AvgIpc) is 2.32. The molecular weight excluding hydrogens is 294 g/mol. The van der Waals surface area contributed by atoms with Crippen molar-refractivity contribution in [2.45, 2.75) is 19.3 Å². The summed E-state index contributed by atoms with van der Waals surface area (Å²) in [5, 5.41) is 11.9. The van der Waals surface area contributed by atoms with Gasteiger partial charge in [0, 0.05) is 29.3 Å². The van der Waals surface area contributed by atoms with Crippen LogP contribution in [0.4, 0.5) is 5.69 Å².